The maximum Gasteiger partial charge on any atom is 0.416 e. The van der Waals surface area contributed by atoms with Gasteiger partial charge in [0.2, 0.25) is 17.6 Å². The average Bonchev–Trinajstić information content (AvgIpc) is 3.42. The average molecular weight is 658 g/mol. The summed E-state index contributed by atoms with van der Waals surface area (Å²) >= 11 is 0. The van der Waals surface area contributed by atoms with Crippen LogP contribution < -0.4 is 21.5 Å². The first kappa shape index (κ1) is 33.3. The van der Waals surface area contributed by atoms with Gasteiger partial charge >= 0.3 is 6.18 Å². The molecule has 0 fully saturated rings. The van der Waals surface area contributed by atoms with Crippen molar-refractivity contribution in [1.29, 1.82) is 0 Å². The lowest BCUT2D eigenvalue weighted by Crippen LogP contribution is -2.29. The van der Waals surface area contributed by atoms with Gasteiger partial charge in [-0.25, -0.2) is 9.38 Å². The van der Waals surface area contributed by atoms with E-state index in [-0.39, 0.29) is 35.7 Å². The maximum absolute atomic E-state index is 14.5. The second-order valence-corrected chi connectivity index (χ2v) is 10.6. The van der Waals surface area contributed by atoms with Crippen molar-refractivity contribution in [3.63, 3.8) is 0 Å². The highest BCUT2D eigenvalue weighted by molar-refractivity contribution is 6.02. The Kier molecular flexibility index (Phi) is 9.27. The fraction of sp³-hybridized carbons (Fsp3) is 0.176. The molecule has 0 aliphatic carbocycles. The first-order valence-corrected chi connectivity index (χ1v) is 14.7. The number of nitrogens with one attached hydrogen (secondary N) is 3. The van der Waals surface area contributed by atoms with Crippen LogP contribution in [0.1, 0.15) is 34.4 Å². The Balaban J connectivity index is 1.72. The van der Waals surface area contributed by atoms with Gasteiger partial charge in [0.05, 0.1) is 28.2 Å². The molecular formula is C34H30F3N7O4. The van der Waals surface area contributed by atoms with Crippen LogP contribution in [0.4, 0.5) is 24.5 Å². The summed E-state index contributed by atoms with van der Waals surface area (Å²) in [5.74, 6) is -1.36. The normalized spacial score (nSPS) is 11.3. The van der Waals surface area contributed by atoms with Gasteiger partial charge in [0.15, 0.2) is 0 Å². The van der Waals surface area contributed by atoms with Crippen molar-refractivity contribution in [2.45, 2.75) is 33.0 Å². The van der Waals surface area contributed by atoms with Crippen molar-refractivity contribution in [1.82, 2.24) is 24.3 Å². The SMILES string of the molecule is C=CC(=O)Nc1ccccc1-c1c(C)nc2n(CC(=O)Nc3ccc(C(F)(F)F)cc3)c(CC)c(-c3ccc(C(=O)NC)nc3)c(=O)n12. The Morgan fingerprint density at radius 3 is 2.31 bits per heavy atom. The van der Waals surface area contributed by atoms with Gasteiger partial charge in [-0.15, -0.1) is 0 Å². The molecule has 0 aliphatic heterocycles. The second kappa shape index (κ2) is 13.4. The fourth-order valence-corrected chi connectivity index (χ4v) is 5.39. The van der Waals surface area contributed by atoms with Gasteiger partial charge < -0.3 is 20.5 Å². The molecule has 14 heteroatoms. The molecule has 0 saturated heterocycles. The molecule has 5 aromatic rings. The number of nitrogens with zero attached hydrogens (tertiary/aromatic N) is 4. The van der Waals surface area contributed by atoms with E-state index in [1.165, 1.54) is 23.7 Å². The van der Waals surface area contributed by atoms with E-state index in [0.717, 1.165) is 30.3 Å². The van der Waals surface area contributed by atoms with Gasteiger partial charge in [-0.2, -0.15) is 13.2 Å². The zero-order chi connectivity index (χ0) is 34.7. The number of halogens is 3. The summed E-state index contributed by atoms with van der Waals surface area (Å²) in [5.41, 5.74) is 1.53. The van der Waals surface area contributed by atoms with Crippen LogP contribution >= 0.6 is 0 Å². The van der Waals surface area contributed by atoms with Gasteiger partial charge in [0.25, 0.3) is 11.5 Å². The van der Waals surface area contributed by atoms with E-state index in [2.05, 4.69) is 27.5 Å². The highest BCUT2D eigenvalue weighted by Crippen LogP contribution is 2.33. The molecule has 3 N–H and O–H groups in total. The topological polar surface area (TPSA) is 139 Å². The highest BCUT2D eigenvalue weighted by atomic mass is 19.4. The third-order valence-electron chi connectivity index (χ3n) is 7.58. The molecule has 0 saturated carbocycles. The summed E-state index contributed by atoms with van der Waals surface area (Å²) in [5, 5.41) is 7.86. The minimum Gasteiger partial charge on any atom is -0.354 e. The van der Waals surface area contributed by atoms with E-state index in [1.54, 1.807) is 48.7 Å². The molecule has 0 spiro atoms. The minimum absolute atomic E-state index is 0.121. The minimum atomic E-state index is -4.53. The van der Waals surface area contributed by atoms with E-state index in [0.29, 0.717) is 33.9 Å². The summed E-state index contributed by atoms with van der Waals surface area (Å²) in [4.78, 5) is 61.4. The molecule has 0 atom stereocenters. The number of hydrogen-bond acceptors (Lipinski definition) is 6. The Bertz CT molecular complexity index is 2120. The summed E-state index contributed by atoms with van der Waals surface area (Å²) in [6, 6.07) is 13.9. The monoisotopic (exact) mass is 657 g/mol. The second-order valence-electron chi connectivity index (χ2n) is 10.6. The third kappa shape index (κ3) is 6.45. The van der Waals surface area contributed by atoms with Gasteiger partial charge in [-0.3, -0.25) is 24.2 Å². The number of pyridine rings is 1. The highest BCUT2D eigenvalue weighted by Gasteiger charge is 2.30. The lowest BCUT2D eigenvalue weighted by atomic mass is 10.0. The summed E-state index contributed by atoms with van der Waals surface area (Å²) in [6.07, 6.45) is -1.77. The quantitative estimate of drug-likeness (QED) is 0.186. The van der Waals surface area contributed by atoms with Gasteiger partial charge in [-0.1, -0.05) is 37.8 Å². The van der Waals surface area contributed by atoms with Crippen LogP contribution in [0.3, 0.4) is 0 Å². The number of hydrogen-bond donors (Lipinski definition) is 3. The van der Waals surface area contributed by atoms with E-state index in [9.17, 15) is 32.3 Å². The standard InChI is InChI=1S/C34H30F3N7O4/c1-5-26-29(20-11-16-25(39-17-20)31(47)38-4)32(48)44-30(23-9-7-8-10-24(23)42-27(45)6-2)19(3)40-33(44)43(26)18-28(46)41-22-14-12-21(13-15-22)34(35,36)37/h6-17H,2,5,18H2,1,3-4H3,(H,38,47)(H,41,46)(H,42,45). The molecular weight excluding hydrogens is 627 g/mol. The Morgan fingerprint density at radius 1 is 1.00 bits per heavy atom. The number of anilines is 2. The molecule has 0 bridgehead atoms. The number of carbonyl (C=O) groups is 3. The molecule has 3 aromatic heterocycles. The van der Waals surface area contributed by atoms with Gasteiger partial charge in [-0.05, 0) is 55.8 Å². The number of aryl methyl sites for hydroxylation is 1. The van der Waals surface area contributed by atoms with Crippen molar-refractivity contribution in [3.05, 3.63) is 113 Å². The molecule has 246 valence electrons. The van der Waals surface area contributed by atoms with Crippen molar-refractivity contribution >= 4 is 34.9 Å². The summed E-state index contributed by atoms with van der Waals surface area (Å²) < 4.78 is 42.1. The third-order valence-corrected chi connectivity index (χ3v) is 7.58. The molecule has 5 rings (SSSR count). The number of fused-ring (bicyclic) bond motifs is 1. The van der Waals surface area contributed by atoms with Crippen molar-refractivity contribution in [3.8, 4) is 22.4 Å². The summed E-state index contributed by atoms with van der Waals surface area (Å²) in [6.45, 7) is 6.61. The molecule has 48 heavy (non-hydrogen) atoms. The Hall–Kier alpha value is -6.05. The number of alkyl halides is 3. The largest absolute Gasteiger partial charge is 0.416 e. The Labute approximate surface area is 272 Å². The first-order chi connectivity index (χ1) is 22.9. The van der Waals surface area contributed by atoms with Crippen LogP contribution in [0.5, 0.6) is 0 Å². The number of benzene rings is 2. The van der Waals surface area contributed by atoms with Crippen LogP contribution in [0.2, 0.25) is 0 Å². The molecule has 3 heterocycles. The molecule has 3 amide bonds. The van der Waals surface area contributed by atoms with Crippen molar-refractivity contribution in [2.24, 2.45) is 0 Å². The molecule has 0 unspecified atom stereocenters. The number of para-hydroxylation sites is 1. The molecule has 2 aromatic carbocycles. The number of imidazole rings is 1. The zero-order valence-electron chi connectivity index (χ0n) is 26.1. The van der Waals surface area contributed by atoms with E-state index >= 15 is 0 Å². The fourth-order valence-electron chi connectivity index (χ4n) is 5.39. The zero-order valence-corrected chi connectivity index (χ0v) is 26.1. The summed E-state index contributed by atoms with van der Waals surface area (Å²) in [7, 11) is 1.47. The van der Waals surface area contributed by atoms with Crippen LogP contribution in [0.25, 0.3) is 28.2 Å². The molecule has 0 radical (unpaired) electrons. The number of rotatable bonds is 9. The van der Waals surface area contributed by atoms with Crippen molar-refractivity contribution in [2.75, 3.05) is 17.7 Å². The van der Waals surface area contributed by atoms with Crippen LogP contribution in [-0.4, -0.2) is 43.7 Å². The van der Waals surface area contributed by atoms with E-state index < -0.39 is 35.0 Å². The molecule has 0 aliphatic rings. The number of carbonyl (C=O) groups excluding carboxylic acids is 3. The lowest BCUT2D eigenvalue weighted by molar-refractivity contribution is -0.137. The van der Waals surface area contributed by atoms with Crippen LogP contribution in [0.15, 0.2) is 84.3 Å². The Morgan fingerprint density at radius 2 is 1.71 bits per heavy atom. The van der Waals surface area contributed by atoms with E-state index in [4.69, 9.17) is 4.98 Å². The maximum atomic E-state index is 14.5. The van der Waals surface area contributed by atoms with Crippen LogP contribution in [0, 0.1) is 6.92 Å². The lowest BCUT2D eigenvalue weighted by Gasteiger charge is -2.19. The predicted octanol–water partition coefficient (Wildman–Crippen LogP) is 5.24. The first-order valence-electron chi connectivity index (χ1n) is 14.7. The number of amides is 3. The van der Waals surface area contributed by atoms with Crippen LogP contribution in [-0.2, 0) is 28.7 Å². The molecule has 11 nitrogen and oxygen atoms in total. The van der Waals surface area contributed by atoms with Crippen molar-refractivity contribution < 1.29 is 27.6 Å². The smallest absolute Gasteiger partial charge is 0.354 e. The van der Waals surface area contributed by atoms with E-state index in [1.807, 2.05) is 0 Å². The number of aromatic nitrogens is 4. The predicted molar refractivity (Wildman–Crippen MR) is 175 cm³/mol. The van der Waals surface area contributed by atoms with Gasteiger partial charge in [0, 0.05) is 35.8 Å². The van der Waals surface area contributed by atoms with Gasteiger partial charge in [0.1, 0.15) is 12.2 Å².